The highest BCUT2D eigenvalue weighted by Crippen LogP contribution is 2.23. The van der Waals surface area contributed by atoms with Gasteiger partial charge in [-0.25, -0.2) is 0 Å². The molecule has 0 aliphatic heterocycles. The van der Waals surface area contributed by atoms with Crippen LogP contribution >= 0.6 is 0 Å². The highest BCUT2D eigenvalue weighted by molar-refractivity contribution is 6.18. The quantitative estimate of drug-likeness (QED) is 0.682. The molecule has 0 unspecified atom stereocenters. The highest BCUT2D eigenvalue weighted by Gasteiger charge is 2.19. The van der Waals surface area contributed by atoms with Gasteiger partial charge in [-0.1, -0.05) is 36.4 Å². The molecule has 100 valence electrons. The molecule has 0 aliphatic carbocycles. The average molecular weight is 266 g/mol. The molecule has 0 heterocycles. The summed E-state index contributed by atoms with van der Waals surface area (Å²) in [4.78, 5) is 24.3. The van der Waals surface area contributed by atoms with Crippen LogP contribution in [-0.4, -0.2) is 16.7 Å². The smallest absolute Gasteiger partial charge is 0.197 e. The summed E-state index contributed by atoms with van der Waals surface area (Å²) in [6, 6.07) is 11.3. The molecule has 0 atom stereocenters. The summed E-state index contributed by atoms with van der Waals surface area (Å²) < 4.78 is 0. The van der Waals surface area contributed by atoms with E-state index in [0.717, 1.165) is 5.56 Å². The Morgan fingerprint density at radius 3 is 2.40 bits per heavy atom. The minimum atomic E-state index is -0.381. The summed E-state index contributed by atoms with van der Waals surface area (Å²) in [6.07, 6.45) is 1.18. The molecule has 0 radical (unpaired) electrons. The summed E-state index contributed by atoms with van der Waals surface area (Å²) in [5.41, 5.74) is 1.62. The molecule has 0 saturated heterocycles. The summed E-state index contributed by atoms with van der Waals surface area (Å²) in [5.74, 6) is -0.796. The van der Waals surface area contributed by atoms with Crippen molar-refractivity contribution >= 4 is 11.6 Å². The fraction of sp³-hybridized carbons (Fsp3) is 0.0588. The molecule has 3 heteroatoms. The Labute approximate surface area is 117 Å². The number of carbonyl (C=O) groups excluding carboxylic acids is 2. The molecule has 3 nitrogen and oxygen atoms in total. The second-order valence-electron chi connectivity index (χ2n) is 4.46. The van der Waals surface area contributed by atoms with Crippen molar-refractivity contribution < 1.29 is 14.7 Å². The van der Waals surface area contributed by atoms with Gasteiger partial charge in [0.15, 0.2) is 11.6 Å². The zero-order chi connectivity index (χ0) is 14.7. The van der Waals surface area contributed by atoms with E-state index in [0.29, 0.717) is 5.56 Å². The lowest BCUT2D eigenvalue weighted by Crippen LogP contribution is -2.09. The Bertz CT molecular complexity index is 699. The lowest BCUT2D eigenvalue weighted by atomic mass is 9.94. The van der Waals surface area contributed by atoms with Crippen LogP contribution < -0.4 is 0 Å². The first-order valence-electron chi connectivity index (χ1n) is 6.14. The fourth-order valence-corrected chi connectivity index (χ4v) is 1.98. The van der Waals surface area contributed by atoms with Crippen molar-refractivity contribution in [3.8, 4) is 5.75 Å². The van der Waals surface area contributed by atoms with E-state index < -0.39 is 0 Å². The largest absolute Gasteiger partial charge is 0.507 e. The molecule has 0 spiro atoms. The molecule has 0 saturated carbocycles. The summed E-state index contributed by atoms with van der Waals surface area (Å²) in [5, 5.41) is 9.76. The Hall–Kier alpha value is -2.68. The number of allylic oxidation sites excluding steroid dienone is 1. The van der Waals surface area contributed by atoms with Gasteiger partial charge in [0.25, 0.3) is 0 Å². The summed E-state index contributed by atoms with van der Waals surface area (Å²) in [6.45, 7) is 5.29. The van der Waals surface area contributed by atoms with Crippen molar-refractivity contribution in [3.63, 3.8) is 0 Å². The maximum Gasteiger partial charge on any atom is 0.197 e. The van der Waals surface area contributed by atoms with Crippen molar-refractivity contribution in [2.75, 3.05) is 0 Å². The van der Waals surface area contributed by atoms with Crippen LogP contribution in [0, 0.1) is 6.92 Å². The standard InChI is InChI=1S/C17H14O3/c1-3-15(18)14-10-11(2)8-9-12(14)17(20)13-6-4-5-7-16(13)19/h3-10,19H,1H2,2H3. The molecular formula is C17H14O3. The zero-order valence-corrected chi connectivity index (χ0v) is 11.1. The van der Waals surface area contributed by atoms with Gasteiger partial charge in [-0.2, -0.15) is 0 Å². The van der Waals surface area contributed by atoms with Gasteiger partial charge in [0, 0.05) is 11.1 Å². The van der Waals surface area contributed by atoms with Crippen LogP contribution in [0.4, 0.5) is 0 Å². The Kier molecular flexibility index (Phi) is 3.80. The molecule has 1 N–H and O–H groups in total. The van der Waals surface area contributed by atoms with E-state index in [2.05, 4.69) is 6.58 Å². The number of ketones is 2. The van der Waals surface area contributed by atoms with Crippen molar-refractivity contribution in [3.05, 3.63) is 77.4 Å². The number of aromatic hydroxyl groups is 1. The molecule has 2 rings (SSSR count). The normalized spacial score (nSPS) is 10.1. The van der Waals surface area contributed by atoms with E-state index in [4.69, 9.17) is 0 Å². The first kappa shape index (κ1) is 13.7. The molecular weight excluding hydrogens is 252 g/mol. The Morgan fingerprint density at radius 2 is 1.75 bits per heavy atom. The minimum absolute atomic E-state index is 0.102. The van der Waals surface area contributed by atoms with Gasteiger partial charge in [-0.05, 0) is 31.2 Å². The number of para-hydroxylation sites is 1. The second-order valence-corrected chi connectivity index (χ2v) is 4.46. The molecule has 0 bridgehead atoms. The Balaban J connectivity index is 2.58. The van der Waals surface area contributed by atoms with Crippen molar-refractivity contribution in [1.82, 2.24) is 0 Å². The van der Waals surface area contributed by atoms with Crippen LogP contribution in [0.2, 0.25) is 0 Å². The van der Waals surface area contributed by atoms with E-state index in [1.54, 1.807) is 30.3 Å². The number of benzene rings is 2. The predicted octanol–water partition coefficient (Wildman–Crippen LogP) is 3.30. The molecule has 2 aromatic rings. The van der Waals surface area contributed by atoms with Crippen molar-refractivity contribution in [2.45, 2.75) is 6.92 Å². The van der Waals surface area contributed by atoms with E-state index in [9.17, 15) is 14.7 Å². The molecule has 20 heavy (non-hydrogen) atoms. The van der Waals surface area contributed by atoms with Gasteiger partial charge in [0.05, 0.1) is 5.56 Å². The molecule has 0 aliphatic rings. The number of hydrogen-bond acceptors (Lipinski definition) is 3. The van der Waals surface area contributed by atoms with Gasteiger partial charge >= 0.3 is 0 Å². The van der Waals surface area contributed by atoms with Gasteiger partial charge in [0.1, 0.15) is 5.75 Å². The summed E-state index contributed by atoms with van der Waals surface area (Å²) >= 11 is 0. The number of hydrogen-bond donors (Lipinski definition) is 1. The third kappa shape index (κ3) is 2.52. The zero-order valence-electron chi connectivity index (χ0n) is 11.1. The van der Waals surface area contributed by atoms with Gasteiger partial charge in [0.2, 0.25) is 0 Å². The number of phenolic OH excluding ortho intramolecular Hbond substituents is 1. The van der Waals surface area contributed by atoms with Gasteiger partial charge in [-0.3, -0.25) is 9.59 Å². The third-order valence-corrected chi connectivity index (χ3v) is 3.02. The number of phenols is 1. The number of rotatable bonds is 4. The average Bonchev–Trinajstić information content (AvgIpc) is 2.46. The first-order valence-corrected chi connectivity index (χ1v) is 6.14. The Morgan fingerprint density at radius 1 is 1.05 bits per heavy atom. The maximum atomic E-state index is 12.5. The maximum absolute atomic E-state index is 12.5. The van der Waals surface area contributed by atoms with E-state index in [-0.39, 0.29) is 28.4 Å². The van der Waals surface area contributed by atoms with Crippen molar-refractivity contribution in [2.24, 2.45) is 0 Å². The number of aryl methyl sites for hydroxylation is 1. The van der Waals surface area contributed by atoms with Gasteiger partial charge in [-0.15, -0.1) is 0 Å². The molecule has 0 amide bonds. The highest BCUT2D eigenvalue weighted by atomic mass is 16.3. The van der Waals surface area contributed by atoms with E-state index in [1.165, 1.54) is 18.2 Å². The SMILES string of the molecule is C=CC(=O)c1cc(C)ccc1C(=O)c1ccccc1O. The van der Waals surface area contributed by atoms with Crippen molar-refractivity contribution in [1.29, 1.82) is 0 Å². The molecule has 0 aromatic heterocycles. The monoisotopic (exact) mass is 266 g/mol. The minimum Gasteiger partial charge on any atom is -0.507 e. The topological polar surface area (TPSA) is 54.4 Å². The fourth-order valence-electron chi connectivity index (χ4n) is 1.98. The van der Waals surface area contributed by atoms with Crippen LogP contribution in [0.3, 0.4) is 0 Å². The molecule has 0 fully saturated rings. The van der Waals surface area contributed by atoms with Crippen LogP contribution in [0.1, 0.15) is 31.8 Å². The van der Waals surface area contributed by atoms with Gasteiger partial charge < -0.3 is 5.11 Å². The van der Waals surface area contributed by atoms with Crippen LogP contribution in [0.5, 0.6) is 5.75 Å². The lowest BCUT2D eigenvalue weighted by Gasteiger charge is -2.08. The van der Waals surface area contributed by atoms with E-state index in [1.807, 2.05) is 6.92 Å². The molecule has 2 aromatic carbocycles. The van der Waals surface area contributed by atoms with Crippen LogP contribution in [0.25, 0.3) is 0 Å². The lowest BCUT2D eigenvalue weighted by molar-refractivity contribution is 0.101. The van der Waals surface area contributed by atoms with Crippen LogP contribution in [-0.2, 0) is 0 Å². The van der Waals surface area contributed by atoms with Crippen LogP contribution in [0.15, 0.2) is 55.1 Å². The third-order valence-electron chi connectivity index (χ3n) is 3.02. The predicted molar refractivity (Wildman–Crippen MR) is 77.2 cm³/mol. The first-order chi connectivity index (χ1) is 9.54. The van der Waals surface area contributed by atoms with E-state index >= 15 is 0 Å². The second kappa shape index (κ2) is 5.53. The summed E-state index contributed by atoms with van der Waals surface area (Å²) in [7, 11) is 0. The number of carbonyl (C=O) groups is 2.